The van der Waals surface area contributed by atoms with Crippen LogP contribution in [-0.4, -0.2) is 25.0 Å². The third-order valence-corrected chi connectivity index (χ3v) is 3.30. The SMILES string of the molecule is CC.CCC(=O)CC(Cc1cccs1)NC(=O)OC. The minimum atomic E-state index is -0.490. The summed E-state index contributed by atoms with van der Waals surface area (Å²) in [4.78, 5) is 23.8. The molecule has 0 aliphatic rings. The Morgan fingerprint density at radius 2 is 2.11 bits per heavy atom. The Labute approximate surface area is 119 Å². The van der Waals surface area contributed by atoms with E-state index in [1.807, 2.05) is 38.3 Å². The molecule has 0 saturated heterocycles. The van der Waals surface area contributed by atoms with Crippen molar-refractivity contribution < 1.29 is 14.3 Å². The largest absolute Gasteiger partial charge is 0.453 e. The summed E-state index contributed by atoms with van der Waals surface area (Å²) >= 11 is 1.62. The lowest BCUT2D eigenvalue weighted by atomic mass is 10.1. The number of ketones is 1. The maximum Gasteiger partial charge on any atom is 0.407 e. The first-order valence-corrected chi connectivity index (χ1v) is 7.42. The molecule has 0 spiro atoms. The number of Topliss-reactive ketones (excluding diaryl/α,β-unsaturated/α-hetero) is 1. The fourth-order valence-electron chi connectivity index (χ4n) is 1.49. The number of methoxy groups -OCH3 is 1. The lowest BCUT2D eigenvalue weighted by Crippen LogP contribution is -2.37. The van der Waals surface area contributed by atoms with Crippen molar-refractivity contribution in [2.24, 2.45) is 0 Å². The minimum Gasteiger partial charge on any atom is -0.453 e. The second kappa shape index (κ2) is 10.6. The van der Waals surface area contributed by atoms with Gasteiger partial charge in [-0.3, -0.25) is 4.79 Å². The number of alkyl carbamates (subject to hydrolysis) is 1. The number of ether oxygens (including phenoxy) is 1. The molecular weight excluding hydrogens is 262 g/mol. The zero-order chi connectivity index (χ0) is 14.7. The van der Waals surface area contributed by atoms with Crippen molar-refractivity contribution in [3.05, 3.63) is 22.4 Å². The number of rotatable bonds is 6. The highest BCUT2D eigenvalue weighted by atomic mass is 32.1. The van der Waals surface area contributed by atoms with Crippen LogP contribution in [0.15, 0.2) is 17.5 Å². The summed E-state index contributed by atoms with van der Waals surface area (Å²) in [6, 6.07) is 3.76. The summed E-state index contributed by atoms with van der Waals surface area (Å²) < 4.78 is 4.56. The first kappa shape index (κ1) is 17.6. The Kier molecular flexibility index (Phi) is 9.80. The van der Waals surface area contributed by atoms with Gasteiger partial charge in [-0.05, 0) is 11.4 Å². The first-order chi connectivity index (χ1) is 9.15. The number of hydrogen-bond acceptors (Lipinski definition) is 4. The van der Waals surface area contributed by atoms with E-state index in [1.54, 1.807) is 11.3 Å². The molecule has 19 heavy (non-hydrogen) atoms. The van der Waals surface area contributed by atoms with Crippen LogP contribution in [0.1, 0.15) is 38.5 Å². The molecule has 5 heteroatoms. The van der Waals surface area contributed by atoms with E-state index in [0.29, 0.717) is 19.3 Å². The monoisotopic (exact) mass is 285 g/mol. The van der Waals surface area contributed by atoms with Gasteiger partial charge in [0.2, 0.25) is 0 Å². The molecule has 0 aliphatic heterocycles. The van der Waals surface area contributed by atoms with Crippen LogP contribution >= 0.6 is 11.3 Å². The van der Waals surface area contributed by atoms with Crippen LogP contribution in [0.5, 0.6) is 0 Å². The van der Waals surface area contributed by atoms with Gasteiger partial charge in [-0.1, -0.05) is 26.8 Å². The minimum absolute atomic E-state index is 0.142. The van der Waals surface area contributed by atoms with Gasteiger partial charge in [0.05, 0.1) is 7.11 Å². The third-order valence-electron chi connectivity index (χ3n) is 2.40. The molecule has 1 aromatic rings. The number of carbonyl (C=O) groups excluding carboxylic acids is 2. The second-order valence-electron chi connectivity index (χ2n) is 3.71. The summed E-state index contributed by atoms with van der Waals surface area (Å²) in [6.07, 6.45) is 1.02. The quantitative estimate of drug-likeness (QED) is 0.871. The van der Waals surface area contributed by atoms with E-state index in [0.717, 1.165) is 4.88 Å². The molecule has 0 bridgehead atoms. The van der Waals surface area contributed by atoms with E-state index in [9.17, 15) is 9.59 Å². The van der Waals surface area contributed by atoms with E-state index in [2.05, 4.69) is 10.1 Å². The molecule has 0 radical (unpaired) electrons. The van der Waals surface area contributed by atoms with E-state index in [-0.39, 0.29) is 11.8 Å². The second-order valence-corrected chi connectivity index (χ2v) is 4.74. The summed E-state index contributed by atoms with van der Waals surface area (Å²) in [6.45, 7) is 5.82. The lowest BCUT2D eigenvalue weighted by Gasteiger charge is -2.16. The standard InChI is InChI=1S/C12H17NO3S.C2H6/c1-3-10(14)7-9(13-12(15)16-2)8-11-5-4-6-17-11;1-2/h4-6,9H,3,7-8H2,1-2H3,(H,13,15);1-2H3. The molecule has 0 aliphatic carbocycles. The van der Waals surface area contributed by atoms with Gasteiger partial charge < -0.3 is 10.1 Å². The topological polar surface area (TPSA) is 55.4 Å². The van der Waals surface area contributed by atoms with Gasteiger partial charge in [0.15, 0.2) is 0 Å². The fraction of sp³-hybridized carbons (Fsp3) is 0.571. The van der Waals surface area contributed by atoms with E-state index in [4.69, 9.17) is 0 Å². The van der Waals surface area contributed by atoms with Crippen molar-refractivity contribution in [1.82, 2.24) is 5.32 Å². The number of carbonyl (C=O) groups is 2. The number of nitrogens with one attached hydrogen (secondary N) is 1. The maximum absolute atomic E-state index is 11.4. The first-order valence-electron chi connectivity index (χ1n) is 6.54. The summed E-state index contributed by atoms with van der Waals surface area (Å²) in [5, 5.41) is 4.67. The van der Waals surface area contributed by atoms with Crippen molar-refractivity contribution in [2.75, 3.05) is 7.11 Å². The molecule has 1 amide bonds. The molecule has 4 nitrogen and oxygen atoms in total. The molecule has 1 heterocycles. The molecule has 1 unspecified atom stereocenters. The summed E-state index contributed by atoms with van der Waals surface area (Å²) in [5.41, 5.74) is 0. The van der Waals surface area contributed by atoms with E-state index < -0.39 is 6.09 Å². The van der Waals surface area contributed by atoms with Gasteiger partial charge in [-0.2, -0.15) is 0 Å². The van der Waals surface area contributed by atoms with Gasteiger partial charge in [-0.25, -0.2) is 4.79 Å². The van der Waals surface area contributed by atoms with Crippen LogP contribution in [0.3, 0.4) is 0 Å². The van der Waals surface area contributed by atoms with E-state index in [1.165, 1.54) is 7.11 Å². The molecule has 0 aromatic carbocycles. The van der Waals surface area contributed by atoms with Crippen LogP contribution in [-0.2, 0) is 16.0 Å². The summed E-state index contributed by atoms with van der Waals surface area (Å²) in [7, 11) is 1.32. The van der Waals surface area contributed by atoms with Gasteiger partial charge in [0, 0.05) is 30.2 Å². The highest BCUT2D eigenvalue weighted by Gasteiger charge is 2.16. The Hall–Kier alpha value is -1.36. The normalized spacial score (nSPS) is 10.9. The number of amides is 1. The van der Waals surface area contributed by atoms with Gasteiger partial charge in [-0.15, -0.1) is 11.3 Å². The molecular formula is C14H23NO3S. The number of thiophene rings is 1. The van der Waals surface area contributed by atoms with Crippen molar-refractivity contribution in [3.8, 4) is 0 Å². The zero-order valence-corrected chi connectivity index (χ0v) is 12.9. The molecule has 1 atom stereocenters. The van der Waals surface area contributed by atoms with Gasteiger partial charge in [0.25, 0.3) is 0 Å². The predicted molar refractivity (Wildman–Crippen MR) is 78.6 cm³/mol. The van der Waals surface area contributed by atoms with Crippen LogP contribution in [0.4, 0.5) is 4.79 Å². The van der Waals surface area contributed by atoms with Crippen molar-refractivity contribution in [2.45, 2.75) is 46.1 Å². The van der Waals surface area contributed by atoms with E-state index >= 15 is 0 Å². The average Bonchev–Trinajstić information content (AvgIpc) is 2.93. The Bertz CT molecular complexity index is 345. The highest BCUT2D eigenvalue weighted by Crippen LogP contribution is 2.13. The zero-order valence-electron chi connectivity index (χ0n) is 12.1. The molecule has 1 N–H and O–H groups in total. The van der Waals surface area contributed by atoms with Crippen molar-refractivity contribution in [3.63, 3.8) is 0 Å². The predicted octanol–water partition coefficient (Wildman–Crippen LogP) is 3.41. The van der Waals surface area contributed by atoms with Crippen molar-refractivity contribution >= 4 is 23.2 Å². The Morgan fingerprint density at radius 1 is 1.42 bits per heavy atom. The third kappa shape index (κ3) is 7.62. The Balaban J connectivity index is 0.00000154. The molecule has 0 fully saturated rings. The van der Waals surface area contributed by atoms with Crippen LogP contribution < -0.4 is 5.32 Å². The van der Waals surface area contributed by atoms with Gasteiger partial charge >= 0.3 is 6.09 Å². The van der Waals surface area contributed by atoms with Crippen LogP contribution in [0.2, 0.25) is 0 Å². The molecule has 0 saturated carbocycles. The lowest BCUT2D eigenvalue weighted by molar-refractivity contribution is -0.119. The maximum atomic E-state index is 11.4. The fourth-order valence-corrected chi connectivity index (χ4v) is 2.28. The molecule has 1 aromatic heterocycles. The average molecular weight is 285 g/mol. The molecule has 1 rings (SSSR count). The van der Waals surface area contributed by atoms with Gasteiger partial charge in [0.1, 0.15) is 5.78 Å². The summed E-state index contributed by atoms with van der Waals surface area (Å²) in [5.74, 6) is 0.142. The Morgan fingerprint density at radius 3 is 2.58 bits per heavy atom. The smallest absolute Gasteiger partial charge is 0.407 e. The molecule has 108 valence electrons. The van der Waals surface area contributed by atoms with Crippen LogP contribution in [0.25, 0.3) is 0 Å². The number of hydrogen-bond donors (Lipinski definition) is 1. The van der Waals surface area contributed by atoms with Crippen molar-refractivity contribution in [1.29, 1.82) is 0 Å². The highest BCUT2D eigenvalue weighted by molar-refractivity contribution is 7.09. The van der Waals surface area contributed by atoms with Crippen LogP contribution in [0, 0.1) is 0 Å².